The number of aliphatic hydroxyl groups is 1. The third kappa shape index (κ3) is 9.75. The number of halogens is 2. The summed E-state index contributed by atoms with van der Waals surface area (Å²) in [5.74, 6) is 0.220. The number of fused-ring (bicyclic) bond motifs is 3. The van der Waals surface area contributed by atoms with Gasteiger partial charge in [-0.05, 0) is 103 Å². The van der Waals surface area contributed by atoms with Gasteiger partial charge in [-0.3, -0.25) is 0 Å². The second-order valence-corrected chi connectivity index (χ2v) is 15.1. The maximum absolute atomic E-state index is 11.7. The molecular weight excluding hydrogens is 767 g/mol. The van der Waals surface area contributed by atoms with Crippen LogP contribution in [0.5, 0.6) is 5.75 Å². The van der Waals surface area contributed by atoms with Crippen LogP contribution in [0.2, 0.25) is 5.02 Å². The Bertz CT molecular complexity index is 1520. The number of aliphatic hydroxyl groups excluding tert-OH is 1. The number of carboxylic acid groups (broad SMARTS) is 1. The molecule has 9 nitrogen and oxygen atoms in total. The van der Waals surface area contributed by atoms with Crippen molar-refractivity contribution in [1.29, 1.82) is 0 Å². The average Bonchev–Trinajstić information content (AvgIpc) is 3.19. The van der Waals surface area contributed by atoms with Gasteiger partial charge in [0.15, 0.2) is 0 Å². The number of carbonyl (C=O) groups is 1. The number of benzene rings is 2. The zero-order valence-corrected chi connectivity index (χ0v) is 31.8. The number of primary sulfonamides is 1. The number of rotatable bonds is 11. The number of aromatic carboxylic acids is 1. The van der Waals surface area contributed by atoms with Gasteiger partial charge in [0.1, 0.15) is 11.0 Å². The van der Waals surface area contributed by atoms with Crippen molar-refractivity contribution in [3.05, 3.63) is 83.4 Å². The van der Waals surface area contributed by atoms with Crippen LogP contribution in [0.15, 0.2) is 61.7 Å². The molecule has 0 unspecified atom stereocenters. The Balaban J connectivity index is 0.000000354. The van der Waals surface area contributed by atoms with Gasteiger partial charge in [0, 0.05) is 30.6 Å². The van der Waals surface area contributed by atoms with Crippen LogP contribution in [0.4, 0.5) is 5.69 Å². The number of anilines is 1. The van der Waals surface area contributed by atoms with E-state index < -0.39 is 27.3 Å². The summed E-state index contributed by atoms with van der Waals surface area (Å²) >= 11 is 8.46. The lowest BCUT2D eigenvalue weighted by molar-refractivity contribution is 0.0460. The predicted octanol–water partition coefficient (Wildman–Crippen LogP) is 6.64. The fourth-order valence-corrected chi connectivity index (χ4v) is 8.42. The Hall–Kier alpha value is -2.16. The van der Waals surface area contributed by atoms with Gasteiger partial charge in [0.25, 0.3) is 0 Å². The topological polar surface area (TPSA) is 139 Å². The number of sulfonamides is 1. The van der Waals surface area contributed by atoms with Crippen molar-refractivity contribution >= 4 is 55.9 Å². The number of carboxylic acids is 1. The number of nitrogens with two attached hydrogens (primary N) is 1. The fraction of sp³-hybridized carbons (Fsp3) is 0.528. The smallest absolute Gasteiger partial charge is 0.335 e. The van der Waals surface area contributed by atoms with Crippen molar-refractivity contribution in [2.45, 2.75) is 62.2 Å². The van der Waals surface area contributed by atoms with Crippen LogP contribution >= 0.6 is 34.2 Å². The number of allylic oxidation sites excluding steroid dienone is 1. The Kier molecular flexibility index (Phi) is 15.3. The SMILES string of the molecule is C=CC[C@H](C)[C@@H](COC)S(N)(=O)=O.C=C[C@H](O)[C@@H]1CC[C@H]1CN1C[C@@]2(CCCc3cc(Cl)ccc32)COc2ccc(C(=O)O)cc21.CI. The highest BCUT2D eigenvalue weighted by Gasteiger charge is 2.44. The summed E-state index contributed by atoms with van der Waals surface area (Å²) in [5.41, 5.74) is 3.44. The molecule has 1 heterocycles. The fourth-order valence-electron chi connectivity index (χ4n) is 7.14. The number of aryl methyl sites for hydroxylation is 1. The standard InChI is InChI=1S/C27H30ClNO4.C8H17NO3S.CH3I/c1-2-24(30)21-8-5-19(21)14-29-15-27(11-3-4-17-12-20(28)7-9-22(17)27)16-33-25-10-6-18(26(31)32)13-23(25)29;1-4-5-7(2)8(6-12-3)13(9,10)11;1-2/h2,6-7,9-10,12-13,19,21,24,30H,1,3-5,8,11,14-16H2,(H,31,32);4,7-8H,1,5-6H2,2-3H3,(H2,9,10,11);1H3/t19-,21+,24-,27-;7-,8+;/m00./s1. The quantitative estimate of drug-likeness (QED) is 0.131. The molecule has 48 heavy (non-hydrogen) atoms. The van der Waals surface area contributed by atoms with E-state index in [-0.39, 0.29) is 29.4 Å². The molecular formula is C36H50ClIN2O7S. The molecule has 6 atom stereocenters. The molecule has 1 saturated carbocycles. The molecule has 0 radical (unpaired) electrons. The van der Waals surface area contributed by atoms with Gasteiger partial charge in [0.2, 0.25) is 10.0 Å². The molecule has 2 aromatic carbocycles. The molecule has 266 valence electrons. The van der Waals surface area contributed by atoms with E-state index in [0.717, 1.165) is 61.7 Å². The van der Waals surface area contributed by atoms with Crippen LogP contribution in [0, 0.1) is 17.8 Å². The normalized spacial score (nSPS) is 23.1. The van der Waals surface area contributed by atoms with E-state index in [9.17, 15) is 23.4 Å². The molecule has 12 heteroatoms. The minimum absolute atomic E-state index is 0.0625. The summed E-state index contributed by atoms with van der Waals surface area (Å²) < 4.78 is 33.4. The van der Waals surface area contributed by atoms with E-state index in [1.165, 1.54) is 18.2 Å². The van der Waals surface area contributed by atoms with Crippen molar-refractivity contribution in [2.24, 2.45) is 22.9 Å². The molecule has 0 amide bonds. The maximum atomic E-state index is 11.7. The highest BCUT2D eigenvalue weighted by molar-refractivity contribution is 14.1. The van der Waals surface area contributed by atoms with Crippen molar-refractivity contribution in [3.63, 3.8) is 0 Å². The van der Waals surface area contributed by atoms with E-state index >= 15 is 0 Å². The average molecular weight is 817 g/mol. The van der Waals surface area contributed by atoms with Crippen LogP contribution in [-0.4, -0.2) is 74.3 Å². The number of ether oxygens (including phenoxy) is 2. The molecule has 5 rings (SSSR count). The zero-order chi connectivity index (χ0) is 35.6. The van der Waals surface area contributed by atoms with Crippen LogP contribution in [-0.2, 0) is 26.6 Å². The van der Waals surface area contributed by atoms with Gasteiger partial charge >= 0.3 is 5.97 Å². The van der Waals surface area contributed by atoms with Gasteiger partial charge < -0.3 is 24.6 Å². The molecule has 2 aliphatic carbocycles. The number of methoxy groups -OCH3 is 1. The number of hydrogen-bond acceptors (Lipinski definition) is 7. The molecule has 1 aliphatic heterocycles. The lowest BCUT2D eigenvalue weighted by atomic mass is 9.68. The Morgan fingerprint density at radius 2 is 1.98 bits per heavy atom. The number of hydrogen-bond donors (Lipinski definition) is 3. The van der Waals surface area contributed by atoms with Crippen LogP contribution < -0.4 is 14.8 Å². The minimum Gasteiger partial charge on any atom is -0.490 e. The monoisotopic (exact) mass is 816 g/mol. The Labute approximate surface area is 304 Å². The molecule has 3 aliphatic rings. The van der Waals surface area contributed by atoms with E-state index in [1.807, 2.05) is 17.9 Å². The summed E-state index contributed by atoms with van der Waals surface area (Å²) in [6, 6.07) is 11.3. The van der Waals surface area contributed by atoms with E-state index in [0.29, 0.717) is 18.9 Å². The van der Waals surface area contributed by atoms with Crippen molar-refractivity contribution < 1.29 is 32.9 Å². The first-order chi connectivity index (χ1) is 22.8. The minimum atomic E-state index is -3.52. The third-order valence-electron chi connectivity index (χ3n) is 9.82. The second kappa shape index (κ2) is 18.2. The first-order valence-corrected chi connectivity index (χ1v) is 20.3. The Morgan fingerprint density at radius 1 is 1.25 bits per heavy atom. The molecule has 0 saturated heterocycles. The second-order valence-electron chi connectivity index (χ2n) is 12.9. The lowest BCUT2D eigenvalue weighted by Gasteiger charge is -2.45. The predicted molar refractivity (Wildman–Crippen MR) is 202 cm³/mol. The summed E-state index contributed by atoms with van der Waals surface area (Å²) in [6.07, 6.45) is 8.50. The van der Waals surface area contributed by atoms with Crippen molar-refractivity contribution in [2.75, 3.05) is 43.2 Å². The van der Waals surface area contributed by atoms with Crippen LogP contribution in [0.3, 0.4) is 0 Å². The van der Waals surface area contributed by atoms with Crippen LogP contribution in [0.25, 0.3) is 0 Å². The highest BCUT2D eigenvalue weighted by atomic mass is 127. The molecule has 4 N–H and O–H groups in total. The van der Waals surface area contributed by atoms with Crippen LogP contribution in [0.1, 0.15) is 60.5 Å². The van der Waals surface area contributed by atoms with Crippen molar-refractivity contribution in [1.82, 2.24) is 0 Å². The van der Waals surface area contributed by atoms with E-state index in [4.69, 9.17) is 26.2 Å². The first kappa shape index (κ1) is 40.3. The summed E-state index contributed by atoms with van der Waals surface area (Å²) in [7, 11) is -2.06. The Morgan fingerprint density at radius 3 is 2.56 bits per heavy atom. The highest BCUT2D eigenvalue weighted by Crippen LogP contribution is 2.46. The maximum Gasteiger partial charge on any atom is 0.335 e. The lowest BCUT2D eigenvalue weighted by Crippen LogP contribution is -2.49. The molecule has 1 spiro atoms. The van der Waals surface area contributed by atoms with Gasteiger partial charge in [-0.15, -0.1) is 13.2 Å². The molecule has 2 aromatic rings. The molecule has 0 aromatic heterocycles. The third-order valence-corrected chi connectivity index (χ3v) is 11.5. The number of alkyl halides is 1. The largest absolute Gasteiger partial charge is 0.490 e. The summed E-state index contributed by atoms with van der Waals surface area (Å²) in [6.45, 7) is 11.3. The van der Waals surface area contributed by atoms with Gasteiger partial charge in [-0.1, -0.05) is 59.3 Å². The van der Waals surface area contributed by atoms with Gasteiger partial charge in [0.05, 0.1) is 30.6 Å². The van der Waals surface area contributed by atoms with Gasteiger partial charge in [-0.2, -0.15) is 0 Å². The molecule has 1 fully saturated rings. The van der Waals surface area contributed by atoms with Crippen molar-refractivity contribution in [3.8, 4) is 5.75 Å². The summed E-state index contributed by atoms with van der Waals surface area (Å²) in [5, 5.41) is 25.2. The van der Waals surface area contributed by atoms with Gasteiger partial charge in [-0.25, -0.2) is 18.4 Å². The number of nitrogens with zero attached hydrogens (tertiary/aromatic N) is 1. The molecule has 0 bridgehead atoms. The summed E-state index contributed by atoms with van der Waals surface area (Å²) in [4.78, 5) is 16.0. The van der Waals surface area contributed by atoms with E-state index in [1.54, 1.807) is 30.4 Å². The first-order valence-electron chi connectivity index (χ1n) is 16.2. The van der Waals surface area contributed by atoms with E-state index in [2.05, 4.69) is 52.8 Å². The zero-order valence-electron chi connectivity index (χ0n) is 28.1.